The average Bonchev–Trinajstić information content (AvgIpc) is 2.39. The van der Waals surface area contributed by atoms with Crippen LogP contribution in [0.15, 0.2) is 0 Å². The number of rotatable bonds is 1. The summed E-state index contributed by atoms with van der Waals surface area (Å²) in [4.78, 5) is 16.1. The van der Waals surface area contributed by atoms with E-state index in [9.17, 15) is 4.79 Å². The number of urea groups is 1. The molecule has 5 nitrogen and oxygen atoms in total. The van der Waals surface area contributed by atoms with E-state index in [2.05, 4.69) is 0 Å². The van der Waals surface area contributed by atoms with E-state index in [0.717, 1.165) is 25.9 Å². The third-order valence-corrected chi connectivity index (χ3v) is 3.58. The van der Waals surface area contributed by atoms with Gasteiger partial charge >= 0.3 is 6.03 Å². The van der Waals surface area contributed by atoms with Gasteiger partial charge in [-0.3, -0.25) is 0 Å². The number of ether oxygens (including phenoxy) is 1. The van der Waals surface area contributed by atoms with Gasteiger partial charge in [-0.2, -0.15) is 0 Å². The summed E-state index contributed by atoms with van der Waals surface area (Å²) in [5, 5.41) is 9.11. The van der Waals surface area contributed by atoms with Crippen molar-refractivity contribution in [3.63, 3.8) is 0 Å². The van der Waals surface area contributed by atoms with Crippen molar-refractivity contribution in [2.24, 2.45) is 0 Å². The number of aliphatic hydroxyl groups is 1. The Hall–Kier alpha value is -0.810. The lowest BCUT2D eigenvalue weighted by atomic mass is 10.1. The van der Waals surface area contributed by atoms with Gasteiger partial charge in [0, 0.05) is 13.1 Å². The second-order valence-corrected chi connectivity index (χ2v) is 4.97. The second kappa shape index (κ2) is 5.69. The van der Waals surface area contributed by atoms with Crippen molar-refractivity contribution in [1.29, 1.82) is 0 Å². The van der Waals surface area contributed by atoms with Crippen molar-refractivity contribution in [2.45, 2.75) is 38.3 Å². The van der Waals surface area contributed by atoms with Gasteiger partial charge in [-0.15, -0.1) is 0 Å². The van der Waals surface area contributed by atoms with Crippen LogP contribution in [0.5, 0.6) is 0 Å². The molecule has 0 aromatic rings. The fourth-order valence-corrected chi connectivity index (χ4v) is 2.46. The number of aliphatic hydroxyl groups excluding tert-OH is 1. The van der Waals surface area contributed by atoms with E-state index >= 15 is 0 Å². The van der Waals surface area contributed by atoms with Gasteiger partial charge in [-0.25, -0.2) is 4.79 Å². The lowest BCUT2D eigenvalue weighted by Crippen LogP contribution is -2.56. The highest BCUT2D eigenvalue weighted by Crippen LogP contribution is 2.17. The lowest BCUT2D eigenvalue weighted by molar-refractivity contribution is -0.0670. The molecule has 2 aliphatic rings. The summed E-state index contributed by atoms with van der Waals surface area (Å²) in [5.74, 6) is 0. The second-order valence-electron chi connectivity index (χ2n) is 4.97. The van der Waals surface area contributed by atoms with Gasteiger partial charge in [-0.1, -0.05) is 0 Å². The van der Waals surface area contributed by atoms with Crippen LogP contribution in [0.4, 0.5) is 4.79 Å². The first kappa shape index (κ1) is 12.6. The SMILES string of the molecule is CC1COC(CO)CN1C(=O)N1CCCCC1. The van der Waals surface area contributed by atoms with Crippen LogP contribution in [0.2, 0.25) is 0 Å². The number of amides is 2. The van der Waals surface area contributed by atoms with E-state index in [0.29, 0.717) is 13.2 Å². The summed E-state index contributed by atoms with van der Waals surface area (Å²) in [7, 11) is 0. The van der Waals surface area contributed by atoms with Crippen molar-refractivity contribution < 1.29 is 14.6 Å². The Morgan fingerprint density at radius 1 is 1.35 bits per heavy atom. The Bertz CT molecular complexity index is 266. The van der Waals surface area contributed by atoms with Crippen molar-refractivity contribution >= 4 is 6.03 Å². The molecule has 2 amide bonds. The van der Waals surface area contributed by atoms with Gasteiger partial charge < -0.3 is 19.6 Å². The molecule has 0 aromatic heterocycles. The van der Waals surface area contributed by atoms with Crippen LogP contribution in [0.25, 0.3) is 0 Å². The summed E-state index contributed by atoms with van der Waals surface area (Å²) in [6.07, 6.45) is 3.21. The molecule has 0 saturated carbocycles. The number of morpholine rings is 1. The predicted molar refractivity (Wildman–Crippen MR) is 63.8 cm³/mol. The minimum absolute atomic E-state index is 0.0174. The van der Waals surface area contributed by atoms with Crippen LogP contribution in [0, 0.1) is 0 Å². The molecule has 2 fully saturated rings. The van der Waals surface area contributed by atoms with Crippen molar-refractivity contribution in [3.8, 4) is 0 Å². The van der Waals surface area contributed by atoms with E-state index in [1.165, 1.54) is 6.42 Å². The fraction of sp³-hybridized carbons (Fsp3) is 0.917. The zero-order chi connectivity index (χ0) is 12.3. The van der Waals surface area contributed by atoms with E-state index in [1.54, 1.807) is 0 Å². The van der Waals surface area contributed by atoms with Crippen LogP contribution >= 0.6 is 0 Å². The molecule has 2 rings (SSSR count). The number of likely N-dealkylation sites (tertiary alicyclic amines) is 1. The van der Waals surface area contributed by atoms with Crippen LogP contribution in [0.1, 0.15) is 26.2 Å². The molecule has 2 atom stereocenters. The minimum Gasteiger partial charge on any atom is -0.394 e. The summed E-state index contributed by atoms with van der Waals surface area (Å²) < 4.78 is 5.44. The largest absolute Gasteiger partial charge is 0.394 e. The number of nitrogens with zero attached hydrogens (tertiary/aromatic N) is 2. The van der Waals surface area contributed by atoms with Gasteiger partial charge in [0.15, 0.2) is 0 Å². The minimum atomic E-state index is -0.222. The summed E-state index contributed by atoms with van der Waals surface area (Å²) in [6, 6.07) is 0.214. The number of piperidine rings is 1. The molecule has 5 heteroatoms. The third-order valence-electron chi connectivity index (χ3n) is 3.58. The lowest BCUT2D eigenvalue weighted by Gasteiger charge is -2.41. The van der Waals surface area contributed by atoms with Gasteiger partial charge in [0.2, 0.25) is 0 Å². The predicted octanol–water partition coefficient (Wildman–Crippen LogP) is 0.674. The first-order chi connectivity index (χ1) is 8.22. The zero-order valence-corrected chi connectivity index (χ0v) is 10.5. The van der Waals surface area contributed by atoms with Gasteiger partial charge in [0.25, 0.3) is 0 Å². The standard InChI is InChI=1S/C12H22N2O3/c1-10-9-17-11(8-15)7-14(10)12(16)13-5-3-2-4-6-13/h10-11,15H,2-9H2,1H3. The molecule has 2 heterocycles. The highest BCUT2D eigenvalue weighted by molar-refractivity contribution is 5.75. The molecule has 0 aromatic carbocycles. The highest BCUT2D eigenvalue weighted by Gasteiger charge is 2.32. The topological polar surface area (TPSA) is 53.0 Å². The molecular weight excluding hydrogens is 220 g/mol. The van der Waals surface area contributed by atoms with Crippen molar-refractivity contribution in [2.75, 3.05) is 32.8 Å². The first-order valence-corrected chi connectivity index (χ1v) is 6.50. The summed E-state index contributed by atoms with van der Waals surface area (Å²) in [6.45, 7) is 4.74. The molecule has 2 aliphatic heterocycles. The van der Waals surface area contributed by atoms with Crippen molar-refractivity contribution in [1.82, 2.24) is 9.80 Å². The molecule has 2 unspecified atom stereocenters. The zero-order valence-electron chi connectivity index (χ0n) is 10.5. The van der Waals surface area contributed by atoms with E-state index in [1.807, 2.05) is 16.7 Å². The Morgan fingerprint density at radius 2 is 2.06 bits per heavy atom. The van der Waals surface area contributed by atoms with Crippen LogP contribution < -0.4 is 0 Å². The number of carbonyl (C=O) groups excluding carboxylic acids is 1. The number of hydrogen-bond donors (Lipinski definition) is 1. The highest BCUT2D eigenvalue weighted by atomic mass is 16.5. The normalized spacial score (nSPS) is 30.5. The van der Waals surface area contributed by atoms with Crippen molar-refractivity contribution in [3.05, 3.63) is 0 Å². The van der Waals surface area contributed by atoms with Crippen LogP contribution in [-0.4, -0.2) is 65.9 Å². The first-order valence-electron chi connectivity index (χ1n) is 6.50. The van der Waals surface area contributed by atoms with E-state index in [4.69, 9.17) is 9.84 Å². The third kappa shape index (κ3) is 2.90. The maximum atomic E-state index is 12.3. The maximum absolute atomic E-state index is 12.3. The molecule has 1 N–H and O–H groups in total. The number of hydrogen-bond acceptors (Lipinski definition) is 3. The summed E-state index contributed by atoms with van der Waals surface area (Å²) >= 11 is 0. The Morgan fingerprint density at radius 3 is 2.71 bits per heavy atom. The van der Waals surface area contributed by atoms with Gasteiger partial charge in [-0.05, 0) is 26.2 Å². The average molecular weight is 242 g/mol. The molecule has 2 saturated heterocycles. The Balaban J connectivity index is 1.95. The smallest absolute Gasteiger partial charge is 0.320 e. The molecule has 17 heavy (non-hydrogen) atoms. The van der Waals surface area contributed by atoms with Gasteiger partial charge in [0.1, 0.15) is 0 Å². The molecule has 0 radical (unpaired) electrons. The van der Waals surface area contributed by atoms with E-state index in [-0.39, 0.29) is 24.8 Å². The van der Waals surface area contributed by atoms with Crippen LogP contribution in [0.3, 0.4) is 0 Å². The van der Waals surface area contributed by atoms with Gasteiger partial charge in [0.05, 0.1) is 31.9 Å². The maximum Gasteiger partial charge on any atom is 0.320 e. The Kier molecular flexibility index (Phi) is 4.23. The quantitative estimate of drug-likeness (QED) is 0.735. The monoisotopic (exact) mass is 242 g/mol. The van der Waals surface area contributed by atoms with Crippen LogP contribution in [-0.2, 0) is 4.74 Å². The molecule has 0 spiro atoms. The molecule has 98 valence electrons. The summed E-state index contributed by atoms with van der Waals surface area (Å²) in [5.41, 5.74) is 0. The molecule has 0 aliphatic carbocycles. The molecular formula is C12H22N2O3. The molecule has 0 bridgehead atoms. The fourth-order valence-electron chi connectivity index (χ4n) is 2.46. The van der Waals surface area contributed by atoms with E-state index < -0.39 is 0 Å². The Labute approximate surface area is 102 Å². The number of carbonyl (C=O) groups is 1.